The van der Waals surface area contributed by atoms with Crippen molar-refractivity contribution in [2.75, 3.05) is 11.9 Å². The first kappa shape index (κ1) is 23.2. The Balaban J connectivity index is 0.00000300. The van der Waals surface area contributed by atoms with Crippen molar-refractivity contribution < 1.29 is 9.84 Å². The highest BCUT2D eigenvalue weighted by molar-refractivity contribution is 9.10. The summed E-state index contributed by atoms with van der Waals surface area (Å²) in [6.07, 6.45) is 3.07. The smallest absolute Gasteiger partial charge is 0.280 e. The average Bonchev–Trinajstić information content (AvgIpc) is 2.71. The molecule has 154 valence electrons. The van der Waals surface area contributed by atoms with Gasteiger partial charge in [0.25, 0.3) is 11.4 Å². The van der Waals surface area contributed by atoms with Crippen molar-refractivity contribution in [3.63, 3.8) is 0 Å². The number of nitrogens with one attached hydrogen (secondary N) is 2. The van der Waals surface area contributed by atoms with Crippen molar-refractivity contribution in [1.29, 1.82) is 0 Å². The second-order valence-electron chi connectivity index (χ2n) is 5.97. The zero-order valence-electron chi connectivity index (χ0n) is 15.1. The molecule has 1 atom stereocenters. The van der Waals surface area contributed by atoms with Crippen molar-refractivity contribution >= 4 is 45.6 Å². The molecule has 10 heteroatoms. The van der Waals surface area contributed by atoms with Gasteiger partial charge in [-0.25, -0.2) is 5.10 Å². The van der Waals surface area contributed by atoms with Crippen LogP contribution in [0.15, 0.2) is 58.1 Å². The molecule has 0 spiro atoms. The molecule has 1 unspecified atom stereocenters. The lowest BCUT2D eigenvalue weighted by molar-refractivity contribution is 0.139. The number of rotatable bonds is 8. The zero-order chi connectivity index (χ0) is 19.9. The molecule has 0 amide bonds. The summed E-state index contributed by atoms with van der Waals surface area (Å²) in [4.78, 5) is 15.9. The Kier molecular flexibility index (Phi) is 8.91. The number of aromatic amines is 1. The minimum atomic E-state index is -0.699. The third-order valence-electron chi connectivity index (χ3n) is 3.97. The highest BCUT2D eigenvalue weighted by Gasteiger charge is 2.15. The Morgan fingerprint density at radius 3 is 2.72 bits per heavy atom. The molecule has 0 saturated carbocycles. The first-order valence-corrected chi connectivity index (χ1v) is 9.69. The molecule has 1 aromatic carbocycles. The van der Waals surface area contributed by atoms with E-state index in [1.165, 1.54) is 0 Å². The van der Waals surface area contributed by atoms with Crippen LogP contribution in [0.25, 0.3) is 0 Å². The van der Waals surface area contributed by atoms with Crippen molar-refractivity contribution in [2.24, 2.45) is 0 Å². The van der Waals surface area contributed by atoms with Gasteiger partial charge in [0.1, 0.15) is 10.2 Å². The number of ether oxygens (including phenoxy) is 1. The first-order chi connectivity index (χ1) is 13.5. The highest BCUT2D eigenvalue weighted by Crippen LogP contribution is 2.28. The number of H-pyrrole nitrogens is 1. The predicted molar refractivity (Wildman–Crippen MR) is 118 cm³/mol. The van der Waals surface area contributed by atoms with Gasteiger partial charge in [0, 0.05) is 30.4 Å². The quantitative estimate of drug-likeness (QED) is 0.429. The van der Waals surface area contributed by atoms with Crippen LogP contribution in [0.4, 0.5) is 5.69 Å². The Bertz CT molecular complexity index is 971. The van der Waals surface area contributed by atoms with Gasteiger partial charge >= 0.3 is 0 Å². The summed E-state index contributed by atoms with van der Waals surface area (Å²) in [5.74, 6) is 0.235. The van der Waals surface area contributed by atoms with Gasteiger partial charge in [-0.3, -0.25) is 9.78 Å². The number of halogens is 3. The van der Waals surface area contributed by atoms with Crippen molar-refractivity contribution in [1.82, 2.24) is 15.2 Å². The van der Waals surface area contributed by atoms with Crippen LogP contribution in [0.3, 0.4) is 0 Å². The lowest BCUT2D eigenvalue weighted by Crippen LogP contribution is -2.16. The predicted octanol–water partition coefficient (Wildman–Crippen LogP) is 4.12. The molecule has 0 aliphatic rings. The van der Waals surface area contributed by atoms with E-state index in [0.29, 0.717) is 28.1 Å². The second kappa shape index (κ2) is 11.2. The fourth-order valence-corrected chi connectivity index (χ4v) is 3.01. The summed E-state index contributed by atoms with van der Waals surface area (Å²) in [7, 11) is 0. The third-order valence-corrected chi connectivity index (χ3v) is 4.98. The topological polar surface area (TPSA) is 100 Å². The minimum absolute atomic E-state index is 0. The monoisotopic (exact) mass is 500 g/mol. The van der Waals surface area contributed by atoms with Crippen LogP contribution in [0.5, 0.6) is 5.88 Å². The lowest BCUT2D eigenvalue weighted by Gasteiger charge is -2.15. The number of aromatic nitrogens is 3. The number of aliphatic hydroxyl groups is 1. The number of nitrogens with zero attached hydrogens (tertiary/aromatic N) is 2. The number of aliphatic hydroxyl groups excluding tert-OH is 1. The van der Waals surface area contributed by atoms with Gasteiger partial charge in [-0.1, -0.05) is 29.8 Å². The summed E-state index contributed by atoms with van der Waals surface area (Å²) in [5.41, 5.74) is 1.76. The van der Waals surface area contributed by atoms with Gasteiger partial charge in [-0.05, 0) is 45.3 Å². The maximum absolute atomic E-state index is 11.9. The molecule has 2 heterocycles. The molecule has 3 aromatic rings. The number of anilines is 1. The average molecular weight is 502 g/mol. The number of benzene rings is 1. The van der Waals surface area contributed by atoms with Gasteiger partial charge in [-0.15, -0.1) is 17.5 Å². The molecule has 0 bridgehead atoms. The van der Waals surface area contributed by atoms with Gasteiger partial charge in [0.2, 0.25) is 0 Å². The molecular weight excluding hydrogens is 483 g/mol. The Morgan fingerprint density at radius 2 is 2.03 bits per heavy atom. The van der Waals surface area contributed by atoms with Crippen LogP contribution < -0.4 is 15.6 Å². The van der Waals surface area contributed by atoms with E-state index < -0.39 is 6.10 Å². The van der Waals surface area contributed by atoms with E-state index in [1.807, 2.05) is 12.1 Å². The normalized spacial score (nSPS) is 11.4. The number of hydrogen-bond acceptors (Lipinski definition) is 6. The van der Waals surface area contributed by atoms with Gasteiger partial charge in [-0.2, -0.15) is 0 Å². The molecular formula is C19H19BrCl2N4O3. The zero-order valence-corrected chi connectivity index (χ0v) is 18.3. The van der Waals surface area contributed by atoms with Crippen LogP contribution >= 0.6 is 39.9 Å². The third kappa shape index (κ3) is 6.43. The van der Waals surface area contributed by atoms with E-state index in [1.54, 1.807) is 36.7 Å². The fraction of sp³-hybridized carbons (Fsp3) is 0.211. The maximum atomic E-state index is 11.9. The van der Waals surface area contributed by atoms with E-state index in [2.05, 4.69) is 36.4 Å². The molecule has 7 nitrogen and oxygen atoms in total. The van der Waals surface area contributed by atoms with Crippen LogP contribution in [0.2, 0.25) is 5.02 Å². The van der Waals surface area contributed by atoms with E-state index in [4.69, 9.17) is 16.3 Å². The summed E-state index contributed by atoms with van der Waals surface area (Å²) in [5, 5.41) is 20.4. The summed E-state index contributed by atoms with van der Waals surface area (Å²) >= 11 is 9.13. The fourth-order valence-electron chi connectivity index (χ4n) is 2.48. The Hall–Kier alpha value is -2.13. The standard InChI is InChI=1S/C19H18BrClN4O3.ClH/c20-16-17(23-11-12-2-1-8-22-10-12)19(25-24-18(16)27)28-9-7-15(26)13-3-5-14(21)6-4-13;/h1-6,8,10,15,26H,7,9,11H2,(H2,23,24,27);1H. The van der Waals surface area contributed by atoms with Crippen LogP contribution in [0.1, 0.15) is 23.7 Å². The van der Waals surface area contributed by atoms with Crippen molar-refractivity contribution in [3.05, 3.63) is 79.8 Å². The molecule has 0 saturated heterocycles. The van der Waals surface area contributed by atoms with Gasteiger partial charge < -0.3 is 15.2 Å². The van der Waals surface area contributed by atoms with Gasteiger partial charge in [0.05, 0.1) is 12.7 Å². The van der Waals surface area contributed by atoms with Crippen LogP contribution in [-0.2, 0) is 6.54 Å². The number of pyridine rings is 1. The van der Waals surface area contributed by atoms with E-state index >= 15 is 0 Å². The molecule has 3 N–H and O–H groups in total. The molecule has 0 radical (unpaired) electrons. The molecule has 0 aliphatic heterocycles. The molecule has 3 rings (SSSR count). The lowest BCUT2D eigenvalue weighted by atomic mass is 10.1. The first-order valence-electron chi connectivity index (χ1n) is 8.52. The molecule has 2 aromatic heterocycles. The van der Waals surface area contributed by atoms with E-state index in [-0.39, 0.29) is 30.5 Å². The van der Waals surface area contributed by atoms with Gasteiger partial charge in [0.15, 0.2) is 0 Å². The Labute approximate surface area is 187 Å². The SMILES string of the molecule is Cl.O=c1[nH]nc(OCCC(O)c2ccc(Cl)cc2)c(NCc2cccnc2)c1Br. The van der Waals surface area contributed by atoms with Crippen molar-refractivity contribution in [2.45, 2.75) is 19.1 Å². The molecule has 0 fully saturated rings. The maximum Gasteiger partial charge on any atom is 0.280 e. The summed E-state index contributed by atoms with van der Waals surface area (Å²) in [6, 6.07) is 10.7. The minimum Gasteiger partial charge on any atom is -0.475 e. The second-order valence-corrected chi connectivity index (χ2v) is 7.20. The molecule has 29 heavy (non-hydrogen) atoms. The highest BCUT2D eigenvalue weighted by atomic mass is 79.9. The van der Waals surface area contributed by atoms with E-state index in [0.717, 1.165) is 11.1 Å². The largest absolute Gasteiger partial charge is 0.475 e. The summed E-state index contributed by atoms with van der Waals surface area (Å²) in [6.45, 7) is 0.651. The Morgan fingerprint density at radius 1 is 1.28 bits per heavy atom. The molecule has 0 aliphatic carbocycles. The van der Waals surface area contributed by atoms with Crippen LogP contribution in [0, 0.1) is 0 Å². The van der Waals surface area contributed by atoms with Crippen molar-refractivity contribution in [3.8, 4) is 5.88 Å². The summed E-state index contributed by atoms with van der Waals surface area (Å²) < 4.78 is 5.99. The van der Waals surface area contributed by atoms with E-state index in [9.17, 15) is 9.90 Å². The van der Waals surface area contributed by atoms with Crippen LogP contribution in [-0.4, -0.2) is 26.9 Å². The number of hydrogen-bond donors (Lipinski definition) is 3.